The number of nitrogens with one attached hydrogen (secondary N) is 2. The van der Waals surface area contributed by atoms with Crippen LogP contribution in [0, 0.1) is 14.0 Å². The van der Waals surface area contributed by atoms with Gasteiger partial charge in [-0.25, -0.2) is 9.97 Å². The van der Waals surface area contributed by atoms with Crippen LogP contribution in [0.15, 0.2) is 110 Å². The number of nitrogens with zero attached hydrogens (tertiary/aromatic N) is 5. The number of carbonyl (C=O) groups is 2. The Balaban J connectivity index is 0.00000468. The van der Waals surface area contributed by atoms with Crippen LogP contribution in [-0.2, 0) is 22.5 Å². The summed E-state index contributed by atoms with van der Waals surface area (Å²) >= 11 is 0. The van der Waals surface area contributed by atoms with Crippen molar-refractivity contribution in [2.75, 3.05) is 43.5 Å². The van der Waals surface area contributed by atoms with Crippen LogP contribution < -0.4 is 10.6 Å². The summed E-state index contributed by atoms with van der Waals surface area (Å²) in [6.45, 7) is 6.28. The van der Waals surface area contributed by atoms with E-state index in [4.69, 9.17) is 4.74 Å². The topological polar surface area (TPSA) is 109 Å². The molecule has 1 aliphatic heterocycles. The molecule has 3 aromatic carbocycles. The van der Waals surface area contributed by atoms with Gasteiger partial charge in [-0.15, -0.1) is 7.05 Å². The number of piperazine rings is 1. The molecule has 0 unspecified atom stereocenters. The fourth-order valence-electron chi connectivity index (χ4n) is 5.51. The number of amides is 1. The number of ether oxygens (including phenoxy) is 1. The highest BCUT2D eigenvalue weighted by Crippen LogP contribution is 2.25. The molecule has 1 amide bonds. The molecule has 0 aliphatic carbocycles. The maximum Gasteiger partial charge on any atom is 0.314 e. The second kappa shape index (κ2) is 16.1. The minimum Gasteiger partial charge on any atom is -0.422 e. The monoisotopic (exact) mass is 657 g/mol. The molecule has 1 aliphatic rings. The van der Waals surface area contributed by atoms with Gasteiger partial charge in [0.15, 0.2) is 0 Å². The SMILES string of the molecule is C.[CH2-][N+]1(COC(=O)Cc2ccccc2)CCN(Cc2ccc(C(=O)Nc3ccc(C)c(Nc4nccc(-c5cccnc5)n4)c3)cc2)CC1. The summed E-state index contributed by atoms with van der Waals surface area (Å²) in [5.41, 5.74) is 6.75. The summed E-state index contributed by atoms with van der Waals surface area (Å²) in [6, 6.07) is 28.7. The van der Waals surface area contributed by atoms with Crippen LogP contribution in [-0.4, -0.2) is 69.1 Å². The van der Waals surface area contributed by atoms with Gasteiger partial charge in [0.2, 0.25) is 12.7 Å². The number of benzene rings is 3. The zero-order chi connectivity index (χ0) is 33.3. The third-order valence-electron chi connectivity index (χ3n) is 8.45. The zero-order valence-corrected chi connectivity index (χ0v) is 27.0. The van der Waals surface area contributed by atoms with E-state index in [9.17, 15) is 9.59 Å². The lowest BCUT2D eigenvalue weighted by molar-refractivity contribution is -0.907. The normalized spacial score (nSPS) is 13.9. The summed E-state index contributed by atoms with van der Waals surface area (Å²) < 4.78 is 6.04. The van der Waals surface area contributed by atoms with Gasteiger partial charge in [-0.05, 0) is 66.1 Å². The average molecular weight is 658 g/mol. The number of aromatic nitrogens is 3. The lowest BCUT2D eigenvalue weighted by Crippen LogP contribution is -2.56. The van der Waals surface area contributed by atoms with Crippen molar-refractivity contribution in [3.8, 4) is 11.3 Å². The van der Waals surface area contributed by atoms with E-state index in [0.717, 1.165) is 66.4 Å². The summed E-state index contributed by atoms with van der Waals surface area (Å²) in [5, 5.41) is 6.29. The molecule has 10 heteroatoms. The van der Waals surface area contributed by atoms with Gasteiger partial charge in [0, 0.05) is 60.7 Å². The number of hydrogen-bond donors (Lipinski definition) is 2. The number of anilines is 3. The molecule has 3 heterocycles. The van der Waals surface area contributed by atoms with Crippen molar-refractivity contribution in [1.82, 2.24) is 19.9 Å². The van der Waals surface area contributed by atoms with Crippen LogP contribution >= 0.6 is 0 Å². The minimum absolute atomic E-state index is 0. The van der Waals surface area contributed by atoms with E-state index in [1.807, 2.05) is 97.9 Å². The lowest BCUT2D eigenvalue weighted by Gasteiger charge is -2.47. The maximum absolute atomic E-state index is 13.1. The molecule has 0 atom stereocenters. The third-order valence-corrected chi connectivity index (χ3v) is 8.45. The van der Waals surface area contributed by atoms with Crippen molar-refractivity contribution in [1.29, 1.82) is 0 Å². The van der Waals surface area contributed by atoms with Crippen molar-refractivity contribution in [2.24, 2.45) is 0 Å². The Morgan fingerprint density at radius 1 is 0.918 bits per heavy atom. The van der Waals surface area contributed by atoms with Crippen LogP contribution in [0.2, 0.25) is 0 Å². The molecule has 0 radical (unpaired) electrons. The van der Waals surface area contributed by atoms with Gasteiger partial charge >= 0.3 is 5.97 Å². The number of quaternary nitrogens is 1. The van der Waals surface area contributed by atoms with Gasteiger partial charge < -0.3 is 19.9 Å². The number of esters is 1. The van der Waals surface area contributed by atoms with Crippen LogP contribution in [0.1, 0.15) is 34.5 Å². The molecule has 0 saturated carbocycles. The van der Waals surface area contributed by atoms with E-state index in [0.29, 0.717) is 21.7 Å². The fraction of sp³-hybridized carbons (Fsp3) is 0.231. The van der Waals surface area contributed by atoms with E-state index in [2.05, 4.69) is 37.5 Å². The first-order valence-electron chi connectivity index (χ1n) is 16.0. The summed E-state index contributed by atoms with van der Waals surface area (Å²) in [7, 11) is 4.34. The molecule has 10 nitrogen and oxygen atoms in total. The van der Waals surface area contributed by atoms with E-state index in [1.54, 1.807) is 18.6 Å². The van der Waals surface area contributed by atoms with Gasteiger partial charge in [-0.2, -0.15) is 0 Å². The predicted octanol–water partition coefficient (Wildman–Crippen LogP) is 6.65. The first-order chi connectivity index (χ1) is 23.3. The minimum atomic E-state index is -0.231. The van der Waals surface area contributed by atoms with Crippen LogP contribution in [0.25, 0.3) is 11.3 Å². The van der Waals surface area contributed by atoms with Crippen molar-refractivity contribution in [2.45, 2.75) is 27.3 Å². The van der Waals surface area contributed by atoms with E-state index in [-0.39, 0.29) is 32.5 Å². The van der Waals surface area contributed by atoms with Gasteiger partial charge in [0.25, 0.3) is 5.91 Å². The highest BCUT2D eigenvalue weighted by molar-refractivity contribution is 6.04. The highest BCUT2D eigenvalue weighted by Gasteiger charge is 2.25. The molecule has 0 bridgehead atoms. The Hall–Kier alpha value is -5.45. The second-order valence-electron chi connectivity index (χ2n) is 12.2. The van der Waals surface area contributed by atoms with Gasteiger partial charge in [0.1, 0.15) is 0 Å². The average Bonchev–Trinajstić information content (AvgIpc) is 3.11. The Morgan fingerprint density at radius 2 is 1.69 bits per heavy atom. The summed E-state index contributed by atoms with van der Waals surface area (Å²) in [5.74, 6) is 0.0327. The number of carbonyl (C=O) groups excluding carboxylic acids is 2. The van der Waals surface area contributed by atoms with E-state index in [1.165, 1.54) is 0 Å². The molecule has 6 rings (SSSR count). The first-order valence-corrected chi connectivity index (χ1v) is 16.0. The highest BCUT2D eigenvalue weighted by atomic mass is 16.5. The lowest BCUT2D eigenvalue weighted by atomic mass is 10.1. The Kier molecular flexibility index (Phi) is 11.5. The molecule has 1 saturated heterocycles. The zero-order valence-electron chi connectivity index (χ0n) is 27.0. The summed E-state index contributed by atoms with van der Waals surface area (Å²) in [4.78, 5) is 41.0. The smallest absolute Gasteiger partial charge is 0.314 e. The number of aryl methyl sites for hydroxylation is 1. The fourth-order valence-corrected chi connectivity index (χ4v) is 5.51. The number of rotatable bonds is 11. The van der Waals surface area contributed by atoms with Crippen molar-refractivity contribution < 1.29 is 18.8 Å². The standard InChI is InChI=1S/C38H39N7O3.CH4/c1-28-10-15-33(24-35(28)43-38-40-18-16-34(42-38)32-9-6-17-39-25-32)41-37(47)31-13-11-30(12-14-31)26-44-19-21-45(2,22-20-44)27-48-36(46)23-29-7-4-3-5-8-29;/h3-18,24-25H,2,19-23,26-27H2,1H3,(H,41,47)(H,40,42,43);1H4. The molecular weight excluding hydrogens is 614 g/mol. The van der Waals surface area contributed by atoms with Crippen molar-refractivity contribution >= 4 is 29.2 Å². The Bertz CT molecular complexity index is 1840. The van der Waals surface area contributed by atoms with Gasteiger partial charge in [-0.3, -0.25) is 19.5 Å². The number of pyridine rings is 1. The van der Waals surface area contributed by atoms with Gasteiger partial charge in [0.05, 0.1) is 25.2 Å². The van der Waals surface area contributed by atoms with Crippen LogP contribution in [0.3, 0.4) is 0 Å². The van der Waals surface area contributed by atoms with E-state index < -0.39 is 0 Å². The molecule has 49 heavy (non-hydrogen) atoms. The Labute approximate surface area is 288 Å². The largest absolute Gasteiger partial charge is 0.422 e. The summed E-state index contributed by atoms with van der Waals surface area (Å²) in [6.07, 6.45) is 5.45. The molecule has 1 fully saturated rings. The van der Waals surface area contributed by atoms with Crippen LogP contribution in [0.5, 0.6) is 0 Å². The molecular formula is C39H43N7O3. The van der Waals surface area contributed by atoms with Crippen molar-refractivity contribution in [3.63, 3.8) is 0 Å². The third kappa shape index (κ3) is 9.56. The Morgan fingerprint density at radius 3 is 2.43 bits per heavy atom. The predicted molar refractivity (Wildman–Crippen MR) is 193 cm³/mol. The maximum atomic E-state index is 13.1. The quantitative estimate of drug-likeness (QED) is 0.0924. The van der Waals surface area contributed by atoms with Crippen molar-refractivity contribution in [3.05, 3.63) is 139 Å². The molecule has 2 N–H and O–H groups in total. The van der Waals surface area contributed by atoms with E-state index >= 15 is 0 Å². The second-order valence-corrected chi connectivity index (χ2v) is 12.2. The molecule has 252 valence electrons. The molecule has 0 spiro atoms. The van der Waals surface area contributed by atoms with Crippen LogP contribution in [0.4, 0.5) is 17.3 Å². The number of hydrogen-bond acceptors (Lipinski definition) is 8. The van der Waals surface area contributed by atoms with Gasteiger partial charge in [-0.1, -0.05) is 56.0 Å². The first kappa shape index (κ1) is 34.9. The molecule has 5 aromatic rings. The molecule has 2 aromatic heterocycles.